The Morgan fingerprint density at radius 3 is 2.69 bits per heavy atom. The topological polar surface area (TPSA) is 20.2 Å². The molecule has 2 aromatic rings. The lowest BCUT2D eigenvalue weighted by molar-refractivity contribution is 0.223. The maximum atomic E-state index is 13.3. The average molecular weight is 257 g/mol. The second-order valence-corrected chi connectivity index (χ2v) is 4.96. The molecule has 0 aliphatic heterocycles. The van der Waals surface area contributed by atoms with Gasteiger partial charge in [-0.2, -0.15) is 0 Å². The van der Waals surface area contributed by atoms with E-state index in [0.717, 1.165) is 0 Å². The Morgan fingerprint density at radius 2 is 2.12 bits per heavy atom. The molecule has 1 heterocycles. The van der Waals surface area contributed by atoms with Gasteiger partial charge in [0.15, 0.2) is 0 Å². The minimum absolute atomic E-state index is 0.306. The summed E-state index contributed by atoms with van der Waals surface area (Å²) in [6.45, 7) is 1.69. The van der Waals surface area contributed by atoms with Gasteiger partial charge in [-0.05, 0) is 30.2 Å². The number of hydrogen-bond acceptors (Lipinski definition) is 2. The van der Waals surface area contributed by atoms with Crippen molar-refractivity contribution in [2.75, 3.05) is 0 Å². The van der Waals surface area contributed by atoms with Crippen molar-refractivity contribution in [3.63, 3.8) is 0 Å². The van der Waals surface area contributed by atoms with Gasteiger partial charge in [0.25, 0.3) is 0 Å². The van der Waals surface area contributed by atoms with Crippen LogP contribution in [-0.2, 0) is 0 Å². The summed E-state index contributed by atoms with van der Waals surface area (Å²) in [7, 11) is 0. The summed E-state index contributed by atoms with van der Waals surface area (Å²) in [6.07, 6.45) is -0.812. The van der Waals surface area contributed by atoms with Crippen molar-refractivity contribution in [1.82, 2.24) is 0 Å². The van der Waals surface area contributed by atoms with Crippen LogP contribution in [0.1, 0.15) is 22.1 Å². The molecule has 0 bridgehead atoms. The van der Waals surface area contributed by atoms with Gasteiger partial charge in [0, 0.05) is 10.3 Å². The van der Waals surface area contributed by atoms with Crippen LogP contribution in [0.15, 0.2) is 29.6 Å². The van der Waals surface area contributed by atoms with Crippen molar-refractivity contribution >= 4 is 22.9 Å². The second kappa shape index (κ2) is 4.53. The zero-order valence-electron chi connectivity index (χ0n) is 8.58. The maximum Gasteiger partial charge on any atom is 0.126 e. The quantitative estimate of drug-likeness (QED) is 0.863. The Kier molecular flexibility index (Phi) is 3.28. The van der Waals surface area contributed by atoms with Gasteiger partial charge in [-0.3, -0.25) is 0 Å². The molecule has 1 aromatic carbocycles. The standard InChI is InChI=1S/C12H10ClFOS/c1-7-2-3-8(4-10(7)14)12(15)11-5-9(13)6-16-11/h2-6,12,15H,1H3. The molecule has 0 aliphatic rings. The predicted octanol–water partition coefficient (Wildman–Crippen LogP) is 3.93. The number of halogens is 2. The van der Waals surface area contributed by atoms with Crippen LogP contribution in [0.25, 0.3) is 0 Å². The third-order valence-corrected chi connectivity index (χ3v) is 3.70. The minimum Gasteiger partial charge on any atom is -0.383 e. The van der Waals surface area contributed by atoms with Gasteiger partial charge >= 0.3 is 0 Å². The first-order valence-corrected chi connectivity index (χ1v) is 6.02. The monoisotopic (exact) mass is 256 g/mol. The molecule has 16 heavy (non-hydrogen) atoms. The first-order valence-electron chi connectivity index (χ1n) is 4.76. The van der Waals surface area contributed by atoms with E-state index in [1.165, 1.54) is 17.4 Å². The molecule has 84 valence electrons. The van der Waals surface area contributed by atoms with Crippen molar-refractivity contribution < 1.29 is 9.50 Å². The molecule has 0 fully saturated rings. The number of aliphatic hydroxyl groups is 1. The Balaban J connectivity index is 2.33. The third-order valence-electron chi connectivity index (χ3n) is 2.37. The lowest BCUT2D eigenvalue weighted by Gasteiger charge is -2.09. The highest BCUT2D eigenvalue weighted by Gasteiger charge is 2.13. The van der Waals surface area contributed by atoms with Crippen LogP contribution in [-0.4, -0.2) is 5.11 Å². The number of aryl methyl sites for hydroxylation is 1. The summed E-state index contributed by atoms with van der Waals surface area (Å²) in [4.78, 5) is 0.716. The first kappa shape index (κ1) is 11.6. The molecule has 0 radical (unpaired) electrons. The number of hydrogen-bond donors (Lipinski definition) is 1. The Hall–Kier alpha value is -0.900. The zero-order chi connectivity index (χ0) is 11.7. The van der Waals surface area contributed by atoms with E-state index < -0.39 is 6.10 Å². The second-order valence-electron chi connectivity index (χ2n) is 3.58. The van der Waals surface area contributed by atoms with Crippen LogP contribution in [0, 0.1) is 12.7 Å². The zero-order valence-corrected chi connectivity index (χ0v) is 10.1. The molecular weight excluding hydrogens is 247 g/mol. The normalized spacial score (nSPS) is 12.8. The number of aliphatic hydroxyl groups excluding tert-OH is 1. The Morgan fingerprint density at radius 1 is 1.38 bits per heavy atom. The van der Waals surface area contributed by atoms with Crippen LogP contribution in [0.2, 0.25) is 5.02 Å². The Bertz CT molecular complexity index is 509. The fourth-order valence-electron chi connectivity index (χ4n) is 1.42. The highest BCUT2D eigenvalue weighted by atomic mass is 35.5. The minimum atomic E-state index is -0.812. The van der Waals surface area contributed by atoms with E-state index in [2.05, 4.69) is 0 Å². The van der Waals surface area contributed by atoms with Gasteiger partial charge in [0.1, 0.15) is 11.9 Å². The molecule has 1 N–H and O–H groups in total. The summed E-state index contributed by atoms with van der Waals surface area (Å²) < 4.78 is 13.3. The predicted molar refractivity (Wildman–Crippen MR) is 64.5 cm³/mol. The van der Waals surface area contributed by atoms with Gasteiger partial charge in [0.2, 0.25) is 0 Å². The molecule has 0 saturated carbocycles. The van der Waals surface area contributed by atoms with Gasteiger partial charge in [-0.25, -0.2) is 4.39 Å². The van der Waals surface area contributed by atoms with Crippen molar-refractivity contribution in [2.24, 2.45) is 0 Å². The smallest absolute Gasteiger partial charge is 0.126 e. The SMILES string of the molecule is Cc1ccc(C(O)c2cc(Cl)cs2)cc1F. The summed E-state index contributed by atoms with van der Waals surface area (Å²) in [5.74, 6) is -0.306. The molecule has 0 spiro atoms. The molecule has 1 atom stereocenters. The van der Waals surface area contributed by atoms with Crippen molar-refractivity contribution in [3.8, 4) is 0 Å². The summed E-state index contributed by atoms with van der Waals surface area (Å²) in [6, 6.07) is 6.42. The molecule has 0 saturated heterocycles. The fraction of sp³-hybridized carbons (Fsp3) is 0.167. The van der Waals surface area contributed by atoms with E-state index in [1.807, 2.05) is 0 Å². The van der Waals surface area contributed by atoms with E-state index in [-0.39, 0.29) is 5.82 Å². The molecule has 2 rings (SSSR count). The maximum absolute atomic E-state index is 13.3. The van der Waals surface area contributed by atoms with Crippen LogP contribution in [0.4, 0.5) is 4.39 Å². The summed E-state index contributed by atoms with van der Waals surface area (Å²) >= 11 is 7.13. The van der Waals surface area contributed by atoms with E-state index in [1.54, 1.807) is 30.5 Å². The molecule has 0 amide bonds. The van der Waals surface area contributed by atoms with Gasteiger partial charge < -0.3 is 5.11 Å². The van der Waals surface area contributed by atoms with E-state index >= 15 is 0 Å². The highest BCUT2D eigenvalue weighted by molar-refractivity contribution is 7.10. The largest absolute Gasteiger partial charge is 0.383 e. The summed E-state index contributed by atoms with van der Waals surface area (Å²) in [5.41, 5.74) is 1.11. The lowest BCUT2D eigenvalue weighted by Crippen LogP contribution is -1.98. The van der Waals surface area contributed by atoms with E-state index in [9.17, 15) is 9.50 Å². The molecule has 4 heteroatoms. The van der Waals surface area contributed by atoms with Crippen LogP contribution in [0.3, 0.4) is 0 Å². The van der Waals surface area contributed by atoms with Crippen molar-refractivity contribution in [2.45, 2.75) is 13.0 Å². The number of thiophene rings is 1. The number of rotatable bonds is 2. The van der Waals surface area contributed by atoms with Crippen LogP contribution >= 0.6 is 22.9 Å². The molecular formula is C12H10ClFOS. The van der Waals surface area contributed by atoms with Crippen LogP contribution < -0.4 is 0 Å². The molecule has 0 aliphatic carbocycles. The molecule has 1 aromatic heterocycles. The van der Waals surface area contributed by atoms with Gasteiger partial charge in [-0.1, -0.05) is 23.7 Å². The molecule has 1 unspecified atom stereocenters. The van der Waals surface area contributed by atoms with Crippen molar-refractivity contribution in [1.29, 1.82) is 0 Å². The number of benzene rings is 1. The van der Waals surface area contributed by atoms with Crippen molar-refractivity contribution in [3.05, 3.63) is 56.5 Å². The third kappa shape index (κ3) is 2.26. The van der Waals surface area contributed by atoms with Gasteiger partial charge in [-0.15, -0.1) is 11.3 Å². The van der Waals surface area contributed by atoms with Gasteiger partial charge in [0.05, 0.1) is 5.02 Å². The lowest BCUT2D eigenvalue weighted by atomic mass is 10.1. The van der Waals surface area contributed by atoms with Crippen LogP contribution in [0.5, 0.6) is 0 Å². The fourth-order valence-corrected chi connectivity index (χ4v) is 2.51. The average Bonchev–Trinajstić information content (AvgIpc) is 2.68. The summed E-state index contributed by atoms with van der Waals surface area (Å²) in [5, 5.41) is 12.3. The molecule has 1 nitrogen and oxygen atoms in total. The first-order chi connectivity index (χ1) is 7.58. The van der Waals surface area contributed by atoms with E-state index in [4.69, 9.17) is 11.6 Å². The van der Waals surface area contributed by atoms with E-state index in [0.29, 0.717) is 21.0 Å². The Labute approximate surface area is 102 Å². The highest BCUT2D eigenvalue weighted by Crippen LogP contribution is 2.30.